The predicted molar refractivity (Wildman–Crippen MR) is 110 cm³/mol. The number of anilines is 1. The molecule has 0 bridgehead atoms. The number of H-pyrrole nitrogens is 1. The molecule has 146 valence electrons. The Morgan fingerprint density at radius 2 is 2.00 bits per heavy atom. The monoisotopic (exact) mass is 386 g/mol. The summed E-state index contributed by atoms with van der Waals surface area (Å²) in [6.45, 7) is 0. The molecule has 0 atom stereocenters. The Kier molecular flexibility index (Phi) is 5.30. The van der Waals surface area contributed by atoms with Crippen molar-refractivity contribution in [1.29, 1.82) is 5.26 Å². The minimum atomic E-state index is -0.0924. The van der Waals surface area contributed by atoms with Crippen molar-refractivity contribution in [3.63, 3.8) is 0 Å². The van der Waals surface area contributed by atoms with Gasteiger partial charge in [0.1, 0.15) is 11.6 Å². The zero-order chi connectivity index (χ0) is 20.2. The van der Waals surface area contributed by atoms with Crippen LogP contribution in [0.25, 0.3) is 0 Å². The number of hydrogen-bond acceptors (Lipinski definition) is 4. The van der Waals surface area contributed by atoms with Crippen molar-refractivity contribution in [2.24, 2.45) is 0 Å². The van der Waals surface area contributed by atoms with Crippen LogP contribution < -0.4 is 10.1 Å². The van der Waals surface area contributed by atoms with Crippen LogP contribution in [0, 0.1) is 11.3 Å². The molecule has 0 saturated heterocycles. The first-order chi connectivity index (χ1) is 14.1. The number of aromatic nitrogens is 2. The number of hydrogen-bond donors (Lipinski definition) is 2. The number of nitrogens with one attached hydrogen (secondary N) is 2. The van der Waals surface area contributed by atoms with Gasteiger partial charge in [-0.05, 0) is 54.2 Å². The minimum Gasteiger partial charge on any atom is -0.497 e. The van der Waals surface area contributed by atoms with Gasteiger partial charge in [-0.15, -0.1) is 0 Å². The van der Waals surface area contributed by atoms with Crippen LogP contribution in [-0.2, 0) is 11.2 Å². The maximum atomic E-state index is 12.3. The molecule has 0 radical (unpaired) electrons. The smallest absolute Gasteiger partial charge is 0.229 e. The Labute approximate surface area is 169 Å². The fourth-order valence-electron chi connectivity index (χ4n) is 3.73. The van der Waals surface area contributed by atoms with Crippen molar-refractivity contribution in [2.75, 3.05) is 12.4 Å². The van der Waals surface area contributed by atoms with E-state index in [4.69, 9.17) is 10.00 Å². The quantitative estimate of drug-likeness (QED) is 0.666. The number of aromatic amines is 1. The first-order valence-electron chi connectivity index (χ1n) is 9.62. The number of carbonyl (C=O) groups excluding carboxylic acids is 1. The van der Waals surface area contributed by atoms with E-state index in [1.807, 2.05) is 48.5 Å². The number of rotatable bonds is 6. The predicted octanol–water partition coefficient (Wildman–Crippen LogP) is 4.13. The molecule has 1 heterocycles. The summed E-state index contributed by atoms with van der Waals surface area (Å²) in [5.74, 6) is 2.12. The van der Waals surface area contributed by atoms with Gasteiger partial charge in [0.2, 0.25) is 5.91 Å². The molecule has 2 N–H and O–H groups in total. The first kappa shape index (κ1) is 18.8. The van der Waals surface area contributed by atoms with Crippen LogP contribution in [0.5, 0.6) is 5.75 Å². The summed E-state index contributed by atoms with van der Waals surface area (Å²) >= 11 is 0. The Balaban J connectivity index is 1.31. The fraction of sp³-hybridized carbons (Fsp3) is 0.261. The summed E-state index contributed by atoms with van der Waals surface area (Å²) in [6.07, 6.45) is 2.29. The van der Waals surface area contributed by atoms with Gasteiger partial charge < -0.3 is 10.1 Å². The van der Waals surface area contributed by atoms with Gasteiger partial charge in [0.05, 0.1) is 30.9 Å². The number of nitriles is 1. The first-order valence-corrected chi connectivity index (χ1v) is 9.62. The van der Waals surface area contributed by atoms with Crippen molar-refractivity contribution >= 4 is 11.7 Å². The average Bonchev–Trinajstić information content (AvgIpc) is 3.15. The average molecular weight is 386 g/mol. The van der Waals surface area contributed by atoms with E-state index in [2.05, 4.69) is 27.6 Å². The number of carbonyl (C=O) groups is 1. The largest absolute Gasteiger partial charge is 0.497 e. The molecule has 0 spiro atoms. The third-order valence-corrected chi connectivity index (χ3v) is 5.44. The van der Waals surface area contributed by atoms with Crippen molar-refractivity contribution < 1.29 is 9.53 Å². The maximum absolute atomic E-state index is 12.3. The molecule has 4 rings (SSSR count). The van der Waals surface area contributed by atoms with Gasteiger partial charge in [0, 0.05) is 12.0 Å². The second-order valence-electron chi connectivity index (χ2n) is 7.38. The summed E-state index contributed by atoms with van der Waals surface area (Å²) in [5.41, 5.74) is 3.80. The number of amides is 1. The van der Waals surface area contributed by atoms with E-state index >= 15 is 0 Å². The molecule has 1 amide bonds. The number of ether oxygens (including phenoxy) is 1. The van der Waals surface area contributed by atoms with Crippen LogP contribution in [0.15, 0.2) is 54.6 Å². The number of benzene rings is 2. The molecule has 0 unspecified atom stereocenters. The second-order valence-corrected chi connectivity index (χ2v) is 7.38. The Hall–Kier alpha value is -3.59. The minimum absolute atomic E-state index is 0.0924. The number of nitrogens with zero attached hydrogens (tertiary/aromatic N) is 2. The van der Waals surface area contributed by atoms with Crippen molar-refractivity contribution in [1.82, 2.24) is 10.2 Å². The third-order valence-electron chi connectivity index (χ3n) is 5.44. The van der Waals surface area contributed by atoms with E-state index in [1.54, 1.807) is 7.11 Å². The molecule has 0 aliphatic heterocycles. The van der Waals surface area contributed by atoms with Gasteiger partial charge >= 0.3 is 0 Å². The van der Waals surface area contributed by atoms with E-state index in [-0.39, 0.29) is 5.91 Å². The van der Waals surface area contributed by atoms with E-state index in [9.17, 15) is 4.79 Å². The van der Waals surface area contributed by atoms with Crippen LogP contribution in [0.4, 0.5) is 5.82 Å². The summed E-state index contributed by atoms with van der Waals surface area (Å²) < 4.78 is 5.13. The SMILES string of the molecule is COc1ccc(CC(=O)Nc2cc(C3CC(c4cccc(C#N)c4)C3)n[nH]2)cc1. The molecule has 1 aliphatic rings. The summed E-state index contributed by atoms with van der Waals surface area (Å²) in [7, 11) is 1.62. The topological polar surface area (TPSA) is 90.8 Å². The van der Waals surface area contributed by atoms with Crippen LogP contribution >= 0.6 is 0 Å². The zero-order valence-corrected chi connectivity index (χ0v) is 16.2. The fourth-order valence-corrected chi connectivity index (χ4v) is 3.73. The van der Waals surface area contributed by atoms with Gasteiger partial charge in [0.25, 0.3) is 0 Å². The van der Waals surface area contributed by atoms with Crippen molar-refractivity contribution in [3.05, 3.63) is 77.0 Å². The molecule has 6 heteroatoms. The third kappa shape index (κ3) is 4.30. The Morgan fingerprint density at radius 3 is 2.72 bits per heavy atom. The number of methoxy groups -OCH3 is 1. The molecular formula is C23H22N4O2. The maximum Gasteiger partial charge on any atom is 0.229 e. The van der Waals surface area contributed by atoms with E-state index < -0.39 is 0 Å². The normalized spacial score (nSPS) is 17.8. The van der Waals surface area contributed by atoms with Crippen molar-refractivity contribution in [3.8, 4) is 11.8 Å². The Bertz CT molecular complexity index is 1040. The lowest BCUT2D eigenvalue weighted by molar-refractivity contribution is -0.115. The second kappa shape index (κ2) is 8.19. The van der Waals surface area contributed by atoms with Crippen LogP contribution in [-0.4, -0.2) is 23.2 Å². The lowest BCUT2D eigenvalue weighted by atomic mass is 9.70. The molecule has 1 fully saturated rings. The standard InChI is InChI=1S/C23H22N4O2/c1-29-20-7-5-15(6-8-20)10-23(28)25-22-13-21(26-27-22)19-11-18(12-19)17-4-2-3-16(9-17)14-24/h2-9,13,18-19H,10-12H2,1H3,(H2,25,26,27,28). The van der Waals surface area contributed by atoms with Crippen molar-refractivity contribution in [2.45, 2.75) is 31.1 Å². The van der Waals surface area contributed by atoms with Gasteiger partial charge in [-0.1, -0.05) is 24.3 Å². The molecule has 1 aromatic heterocycles. The molecule has 3 aromatic rings. The van der Waals surface area contributed by atoms with E-state index in [1.165, 1.54) is 5.56 Å². The molecule has 1 aliphatic carbocycles. The molecule has 6 nitrogen and oxygen atoms in total. The van der Waals surface area contributed by atoms with Gasteiger partial charge in [0.15, 0.2) is 0 Å². The molecule has 29 heavy (non-hydrogen) atoms. The lowest BCUT2D eigenvalue weighted by Gasteiger charge is -2.34. The highest BCUT2D eigenvalue weighted by atomic mass is 16.5. The zero-order valence-electron chi connectivity index (χ0n) is 16.2. The highest BCUT2D eigenvalue weighted by molar-refractivity contribution is 5.91. The van der Waals surface area contributed by atoms with Gasteiger partial charge in [-0.25, -0.2) is 0 Å². The van der Waals surface area contributed by atoms with Gasteiger partial charge in [-0.2, -0.15) is 10.4 Å². The molecular weight excluding hydrogens is 364 g/mol. The summed E-state index contributed by atoms with van der Waals surface area (Å²) in [5, 5.41) is 19.2. The summed E-state index contributed by atoms with van der Waals surface area (Å²) in [4.78, 5) is 12.3. The highest BCUT2D eigenvalue weighted by Crippen LogP contribution is 2.47. The van der Waals surface area contributed by atoms with Crippen LogP contribution in [0.3, 0.4) is 0 Å². The van der Waals surface area contributed by atoms with Crippen LogP contribution in [0.1, 0.15) is 47.1 Å². The molecule has 2 aromatic carbocycles. The lowest BCUT2D eigenvalue weighted by Crippen LogP contribution is -2.20. The Morgan fingerprint density at radius 1 is 1.21 bits per heavy atom. The highest BCUT2D eigenvalue weighted by Gasteiger charge is 2.33. The molecule has 1 saturated carbocycles. The summed E-state index contributed by atoms with van der Waals surface area (Å²) in [6, 6.07) is 19.4. The van der Waals surface area contributed by atoms with Crippen LogP contribution in [0.2, 0.25) is 0 Å². The van der Waals surface area contributed by atoms with Gasteiger partial charge in [-0.3, -0.25) is 9.89 Å². The van der Waals surface area contributed by atoms with E-state index in [0.29, 0.717) is 29.6 Å². The van der Waals surface area contributed by atoms with E-state index in [0.717, 1.165) is 29.8 Å².